The molecule has 4 amide bonds. The number of aromatic nitrogens is 4. The molecule has 4 aromatic heterocycles. The number of nitrogens with zero attached hydrogens (tertiary/aromatic N) is 3. The van der Waals surface area contributed by atoms with Crippen LogP contribution in [0.15, 0.2) is 218 Å². The first-order chi connectivity index (χ1) is 54.8. The minimum atomic E-state index is -1.06. The number of hydrogen-bond donors (Lipinski definition) is 5. The van der Waals surface area contributed by atoms with E-state index in [4.69, 9.17) is 28.4 Å². The predicted octanol–water partition coefficient (Wildman–Crippen LogP) is 17.3. The van der Waals surface area contributed by atoms with Crippen LogP contribution < -0.4 is 5.32 Å². The average molecular weight is 1520 g/mol. The minimum Gasteiger partial charge on any atom is -0.394 e. The van der Waals surface area contributed by atoms with Gasteiger partial charge in [0, 0.05) is 67.0 Å². The second-order valence-electron chi connectivity index (χ2n) is 30.4. The number of aliphatic hydroxyl groups excluding tert-OH is 2. The van der Waals surface area contributed by atoms with E-state index >= 15 is 18.4 Å². The van der Waals surface area contributed by atoms with E-state index in [2.05, 4.69) is 36.1 Å². The number of aromatic amines is 2. The average Bonchev–Trinajstić information content (AvgIpc) is 1.52. The van der Waals surface area contributed by atoms with Gasteiger partial charge in [-0.2, -0.15) is 0 Å². The number of rotatable bonds is 18. The van der Waals surface area contributed by atoms with Crippen LogP contribution in [0.5, 0.6) is 0 Å². The van der Waals surface area contributed by atoms with E-state index in [9.17, 15) is 28.6 Å². The molecule has 570 valence electrons. The van der Waals surface area contributed by atoms with Crippen molar-refractivity contribution in [1.29, 1.82) is 0 Å². The van der Waals surface area contributed by atoms with Crippen LogP contribution in [0.4, 0.5) is 17.6 Å². The van der Waals surface area contributed by atoms with Gasteiger partial charge in [-0.15, -0.1) is 0 Å². The standard InChI is InChI=1S/C58H51F2N3O6.C33H25F2N3O6/c1-58(2,3)39-21-19-35(20-22-39)30-62-55(64)50-48-43-27-40(59)23-25-45(43)61-52(48)53-49(51(50)56(62)65)44-28-41(60)24-26-46(44)63(53)57-54(68-33-38-17-11-6-12-18-38)47(67-32-37-15-9-5-10-16-37)29-42(69-57)34-66-31-36-13-7-4-8-14-36;34-16-6-8-21-19(10-16)24-26-27(32(42)37-31(26)41)25-20-11-17(35)7-9-22(20)38(29(25)28(24)36-21)33-30(23(40)12-18(13-39)44-33)43-14-15-4-2-1-3-5-15/h4-28,42,47,54,57,61H,29-34H2,1-3H3;1-11,18,23,30,33,36,39-40H,12-14H2,(H,37,41,42)/t42-,47-,54+,57+;18-,23-,30+,33+/m00/s1. The summed E-state index contributed by atoms with van der Waals surface area (Å²) >= 11 is 0. The summed E-state index contributed by atoms with van der Waals surface area (Å²) < 4.78 is 105. The number of aliphatic hydroxyl groups is 2. The number of ether oxygens (including phenoxy) is 6. The zero-order valence-corrected chi connectivity index (χ0v) is 61.6. The normalized spacial score (nSPS) is 19.9. The molecule has 0 radical (unpaired) electrons. The van der Waals surface area contributed by atoms with Crippen LogP contribution in [-0.2, 0) is 66.8 Å². The number of imide groups is 2. The van der Waals surface area contributed by atoms with Gasteiger partial charge in [0.2, 0.25) is 0 Å². The summed E-state index contributed by atoms with van der Waals surface area (Å²) in [5.74, 6) is -4.50. The van der Waals surface area contributed by atoms with Gasteiger partial charge in [0.25, 0.3) is 23.6 Å². The van der Waals surface area contributed by atoms with Gasteiger partial charge in [-0.05, 0) is 112 Å². The molecule has 2 saturated heterocycles. The number of fused-ring (bicyclic) bond motifs is 20. The van der Waals surface area contributed by atoms with Crippen LogP contribution in [0.3, 0.4) is 0 Å². The zero-order valence-electron chi connectivity index (χ0n) is 61.6. The van der Waals surface area contributed by atoms with Gasteiger partial charge in [-0.25, -0.2) is 17.6 Å². The van der Waals surface area contributed by atoms with E-state index < -0.39 is 96.0 Å². The molecule has 8 atom stereocenters. The number of carbonyl (C=O) groups excluding carboxylic acids is 4. The molecule has 11 aromatic carbocycles. The zero-order chi connectivity index (χ0) is 77.7. The minimum absolute atomic E-state index is 0.00426. The summed E-state index contributed by atoms with van der Waals surface area (Å²) in [6.45, 7) is 7.21. The molecule has 4 aliphatic heterocycles. The smallest absolute Gasteiger partial charge is 0.262 e. The van der Waals surface area contributed by atoms with Gasteiger partial charge in [0.15, 0.2) is 12.5 Å². The second kappa shape index (κ2) is 29.4. The highest BCUT2D eigenvalue weighted by molar-refractivity contribution is 6.41. The first kappa shape index (κ1) is 72.8. The van der Waals surface area contributed by atoms with Crippen molar-refractivity contribution in [2.45, 2.75) is 121 Å². The van der Waals surface area contributed by atoms with Crippen molar-refractivity contribution in [3.8, 4) is 0 Å². The summed E-state index contributed by atoms with van der Waals surface area (Å²) in [7, 11) is 0. The van der Waals surface area contributed by atoms with E-state index in [-0.39, 0.29) is 73.7 Å². The van der Waals surface area contributed by atoms with Crippen molar-refractivity contribution in [2.24, 2.45) is 0 Å². The predicted molar refractivity (Wildman–Crippen MR) is 420 cm³/mol. The topological polar surface area (TPSA) is 221 Å². The molecule has 0 saturated carbocycles. The summed E-state index contributed by atoms with van der Waals surface area (Å²) in [6.07, 6.45) is -6.14. The molecule has 113 heavy (non-hydrogen) atoms. The van der Waals surface area contributed by atoms with Crippen molar-refractivity contribution in [3.05, 3.63) is 297 Å². The maximum Gasteiger partial charge on any atom is 0.262 e. The number of amides is 4. The number of halogens is 4. The SMILES string of the molecule is CC(C)(C)c1ccc(CN2C(=O)c3c(c4c5cc(F)ccc5n([C@@H]5O[C@H](COCc6ccccc6)C[C@H](OCc6ccccc6)[C@H]5OCc5ccccc5)c4c4[nH]c5ccc(F)cc5c34)C2=O)cc1.O=C1NC(=O)c2c1c1c3cc(F)ccc3[nH]c1c1c2c2cc(F)ccc2n1[C@@H]1O[C@H](CO)C[C@H](O)[C@H]1OCc1ccccc1. The Kier molecular flexibility index (Phi) is 19.0. The highest BCUT2D eigenvalue weighted by Crippen LogP contribution is 2.51. The van der Waals surface area contributed by atoms with Gasteiger partial charge in [0.1, 0.15) is 35.5 Å². The summed E-state index contributed by atoms with van der Waals surface area (Å²) in [6, 6.07) is 64.0. The van der Waals surface area contributed by atoms with Crippen LogP contribution in [-0.4, -0.2) is 108 Å². The molecule has 18 nitrogen and oxygen atoms in total. The van der Waals surface area contributed by atoms with Crippen molar-refractivity contribution in [3.63, 3.8) is 0 Å². The van der Waals surface area contributed by atoms with E-state index in [1.54, 1.807) is 22.8 Å². The molecule has 4 aliphatic rings. The Labute approximate surface area is 643 Å². The molecule has 2 fully saturated rings. The van der Waals surface area contributed by atoms with Crippen molar-refractivity contribution in [1.82, 2.24) is 29.3 Å². The fourth-order valence-electron chi connectivity index (χ4n) is 16.9. The van der Waals surface area contributed by atoms with Crippen LogP contribution in [0.25, 0.3) is 87.2 Å². The van der Waals surface area contributed by atoms with E-state index in [1.807, 2.05) is 150 Å². The fourth-order valence-corrected chi connectivity index (χ4v) is 16.9. The van der Waals surface area contributed by atoms with Gasteiger partial charge in [0.05, 0.1) is 126 Å². The molecule has 15 aromatic rings. The summed E-state index contributed by atoms with van der Waals surface area (Å²) in [5, 5.41) is 26.7. The molecule has 5 N–H and O–H groups in total. The molecule has 0 aliphatic carbocycles. The second-order valence-corrected chi connectivity index (χ2v) is 30.4. The molecule has 0 bridgehead atoms. The van der Waals surface area contributed by atoms with Crippen molar-refractivity contribution < 1.29 is 75.4 Å². The third kappa shape index (κ3) is 13.2. The molecule has 22 heteroatoms. The lowest BCUT2D eigenvalue weighted by molar-refractivity contribution is -0.238. The number of carbonyl (C=O) groups is 4. The Hall–Kier alpha value is -11.7. The van der Waals surface area contributed by atoms with Crippen LogP contribution in [0.2, 0.25) is 0 Å². The maximum absolute atomic E-state index is 15.9. The van der Waals surface area contributed by atoms with Gasteiger partial charge in [-0.1, -0.05) is 166 Å². The Morgan fingerprint density at radius 3 is 1.39 bits per heavy atom. The third-order valence-corrected chi connectivity index (χ3v) is 22.2. The highest BCUT2D eigenvalue weighted by atomic mass is 19.1. The lowest BCUT2D eigenvalue weighted by Crippen LogP contribution is -2.49. The molecule has 0 unspecified atom stereocenters. The van der Waals surface area contributed by atoms with Crippen LogP contribution in [0.1, 0.15) is 121 Å². The number of H-pyrrole nitrogens is 2. The lowest BCUT2D eigenvalue weighted by atomic mass is 9.87. The van der Waals surface area contributed by atoms with Crippen LogP contribution >= 0.6 is 0 Å². The number of benzene rings is 11. The molecule has 8 heterocycles. The van der Waals surface area contributed by atoms with E-state index in [0.29, 0.717) is 100 Å². The Morgan fingerprint density at radius 2 is 0.885 bits per heavy atom. The van der Waals surface area contributed by atoms with Gasteiger partial charge in [-0.3, -0.25) is 29.4 Å². The molecular formula is C91H76F4N6O12. The highest BCUT2D eigenvalue weighted by Gasteiger charge is 2.48. The number of hydrogen-bond acceptors (Lipinski definition) is 12. The quantitative estimate of drug-likeness (QED) is 0.0400. The summed E-state index contributed by atoms with van der Waals surface area (Å²) in [4.78, 5) is 65.0. The Balaban J connectivity index is 0.000000173. The molecule has 0 spiro atoms. The Bertz CT molecular complexity index is 6270. The maximum atomic E-state index is 15.9. The van der Waals surface area contributed by atoms with E-state index in [0.717, 1.165) is 33.4 Å². The van der Waals surface area contributed by atoms with Gasteiger partial charge >= 0.3 is 0 Å². The third-order valence-electron chi connectivity index (χ3n) is 22.2. The lowest BCUT2D eigenvalue weighted by Gasteiger charge is -2.42. The van der Waals surface area contributed by atoms with Crippen molar-refractivity contribution >= 4 is 111 Å². The number of nitrogens with one attached hydrogen (secondary N) is 3. The van der Waals surface area contributed by atoms with Crippen LogP contribution in [0, 0.1) is 23.3 Å². The molecular weight excluding hydrogens is 1450 g/mol. The largest absolute Gasteiger partial charge is 0.394 e. The summed E-state index contributed by atoms with van der Waals surface area (Å²) in [5.41, 5.74) is 9.67. The van der Waals surface area contributed by atoms with Crippen molar-refractivity contribution in [2.75, 3.05) is 13.2 Å². The Morgan fingerprint density at radius 1 is 0.460 bits per heavy atom. The monoisotopic (exact) mass is 1520 g/mol. The molecule has 19 rings (SSSR count). The first-order valence-electron chi connectivity index (χ1n) is 37.6. The fraction of sp³-hybridized carbons (Fsp3) is 0.231. The van der Waals surface area contributed by atoms with Gasteiger partial charge < -0.3 is 57.7 Å². The first-order valence-corrected chi connectivity index (χ1v) is 37.6. The van der Waals surface area contributed by atoms with E-state index in [1.165, 1.54) is 59.5 Å².